The molecule has 0 saturated heterocycles. The minimum absolute atomic E-state index is 0.0209. The number of nitrogens with two attached hydrogens (primary N) is 1. The van der Waals surface area contributed by atoms with E-state index in [-0.39, 0.29) is 42.9 Å². The van der Waals surface area contributed by atoms with E-state index in [9.17, 15) is 48.3 Å². The molecule has 1 unspecified atom stereocenters. The third-order valence-electron chi connectivity index (χ3n) is 16.1. The number of nitrogens with zero attached hydrogens (tertiary/aromatic N) is 7. The lowest BCUT2D eigenvalue weighted by molar-refractivity contribution is -0.157. The van der Waals surface area contributed by atoms with Gasteiger partial charge in [-0.2, -0.15) is 0 Å². The Hall–Kier alpha value is -6.39. The molecular weight excluding hydrogens is 1100 g/mol. The Morgan fingerprint density at radius 3 is 1.43 bits per heavy atom. The van der Waals surface area contributed by atoms with Gasteiger partial charge in [0.1, 0.15) is 54.4 Å². The summed E-state index contributed by atoms with van der Waals surface area (Å²) in [5.74, 6) is -8.84. The molecule has 0 aliphatic rings. The second-order valence-electron chi connectivity index (χ2n) is 25.3. The van der Waals surface area contributed by atoms with Crippen molar-refractivity contribution in [1.82, 2.24) is 50.2 Å². The summed E-state index contributed by atoms with van der Waals surface area (Å²) in [6, 6.07) is -10.5. The first-order valence-corrected chi connectivity index (χ1v) is 30.7. The van der Waals surface area contributed by atoms with Crippen molar-refractivity contribution in [1.29, 1.82) is 0 Å². The van der Waals surface area contributed by atoms with Crippen LogP contribution in [0.4, 0.5) is 0 Å². The zero-order valence-electron chi connectivity index (χ0n) is 56.6. The van der Waals surface area contributed by atoms with E-state index in [0.29, 0.717) is 31.3 Å². The Morgan fingerprint density at radius 1 is 0.535 bits per heavy atom. The fraction of sp³-hybridized carbons (Fsp3) is 0.762. The lowest BCUT2D eigenvalue weighted by Crippen LogP contribution is -2.63. The van der Waals surface area contributed by atoms with E-state index in [1.807, 2.05) is 48.5 Å². The van der Waals surface area contributed by atoms with E-state index in [1.165, 1.54) is 87.7 Å². The zero-order valence-corrected chi connectivity index (χ0v) is 56.6. The van der Waals surface area contributed by atoms with Crippen LogP contribution >= 0.6 is 0 Å². The molecule has 0 radical (unpaired) electrons. The van der Waals surface area contributed by atoms with Crippen LogP contribution < -0.4 is 21.7 Å². The number of nitrogens with one attached hydrogen (secondary N) is 3. The summed E-state index contributed by atoms with van der Waals surface area (Å²) >= 11 is 0. The second kappa shape index (κ2) is 37.3. The number of primary amides is 1. The minimum atomic E-state index is -1.60. The van der Waals surface area contributed by atoms with Crippen LogP contribution in [0.25, 0.3) is 0 Å². The van der Waals surface area contributed by atoms with Gasteiger partial charge in [0.15, 0.2) is 0 Å². The standard InChI is InChI=1S/C63H113N11O12/c1-25-28-30-41(14)53(76)52(57(80)67-45(27-3)60(83)68(18)35-50(75)69(19)46(54(64)77)31-29-26-2)74(24)63(86)51(40(12)13)73(23)62(85)49(34-38(8)9)72(22)61(84)48(33-37(6)7)71(21)59(82)44(17)66-55(78)43(16)65-56(79)47(32-36(4)5)70(20)58(81)42(15)39(10)11/h25,28,36-38,40-49,51-53,76H,10,26-27,29-35H2,1-9,11-24H3,(H2,64,77)(H,65,79)(H,66,78)(H,67,80)/b28-25-/t41-,42+,43+,44-,45+,46-,47-,48+,49+,51-,52?,53-/m0/s1. The predicted octanol–water partition coefficient (Wildman–Crippen LogP) is 3.96. The summed E-state index contributed by atoms with van der Waals surface area (Å²) < 4.78 is 0. The Kier molecular flexibility index (Phi) is 34.6. The van der Waals surface area contributed by atoms with Crippen LogP contribution in [0.1, 0.15) is 162 Å². The highest BCUT2D eigenvalue weighted by atomic mass is 16.3. The molecule has 0 saturated carbocycles. The number of rotatable bonds is 37. The first-order chi connectivity index (χ1) is 39.7. The van der Waals surface area contributed by atoms with E-state index < -0.39 is 144 Å². The molecule has 12 atom stereocenters. The van der Waals surface area contributed by atoms with Crippen molar-refractivity contribution in [3.63, 3.8) is 0 Å². The Bertz CT molecular complexity index is 2340. The molecular formula is C63H113N11O12. The van der Waals surface area contributed by atoms with Gasteiger partial charge in [-0.25, -0.2) is 0 Å². The van der Waals surface area contributed by atoms with Crippen molar-refractivity contribution < 1.29 is 57.8 Å². The van der Waals surface area contributed by atoms with E-state index >= 15 is 9.59 Å². The van der Waals surface area contributed by atoms with Gasteiger partial charge in [0, 0.05) is 49.3 Å². The van der Waals surface area contributed by atoms with Gasteiger partial charge < -0.3 is 61.1 Å². The number of amides is 11. The van der Waals surface area contributed by atoms with Gasteiger partial charge in [-0.05, 0) is 103 Å². The maximum atomic E-state index is 15.1. The van der Waals surface area contributed by atoms with Crippen molar-refractivity contribution in [3.8, 4) is 0 Å². The quantitative estimate of drug-likeness (QED) is 0.0553. The number of unbranched alkanes of at least 4 members (excludes halogenated alkanes) is 1. The van der Waals surface area contributed by atoms with Crippen LogP contribution in [-0.4, -0.2) is 221 Å². The third-order valence-corrected chi connectivity index (χ3v) is 16.1. The zero-order chi connectivity index (χ0) is 67.1. The van der Waals surface area contributed by atoms with Crippen LogP contribution in [0.5, 0.6) is 0 Å². The number of carbonyl (C=O) groups is 11. The first-order valence-electron chi connectivity index (χ1n) is 30.7. The number of likely N-dealkylation sites (N-methyl/N-ethyl adjacent to an activating group) is 7. The Morgan fingerprint density at radius 2 is 0.988 bits per heavy atom. The van der Waals surface area contributed by atoms with Crippen molar-refractivity contribution in [2.24, 2.45) is 41.2 Å². The fourth-order valence-corrected chi connectivity index (χ4v) is 10.3. The second-order valence-corrected chi connectivity index (χ2v) is 25.3. The van der Waals surface area contributed by atoms with Gasteiger partial charge in [0.2, 0.25) is 65.0 Å². The summed E-state index contributed by atoms with van der Waals surface area (Å²) in [4.78, 5) is 163. The summed E-state index contributed by atoms with van der Waals surface area (Å²) in [6.45, 7) is 31.6. The highest BCUT2D eigenvalue weighted by Crippen LogP contribution is 2.25. The maximum absolute atomic E-state index is 15.1. The molecule has 0 bridgehead atoms. The van der Waals surface area contributed by atoms with Crippen molar-refractivity contribution in [2.45, 2.75) is 223 Å². The monoisotopic (exact) mass is 1220 g/mol. The molecule has 0 aromatic rings. The number of allylic oxidation sites excluding steroid dienone is 2. The third kappa shape index (κ3) is 23.4. The van der Waals surface area contributed by atoms with E-state index in [2.05, 4.69) is 22.5 Å². The highest BCUT2D eigenvalue weighted by molar-refractivity contribution is 5.99. The first kappa shape index (κ1) is 79.6. The van der Waals surface area contributed by atoms with Gasteiger partial charge in [0.25, 0.3) is 0 Å². The van der Waals surface area contributed by atoms with Gasteiger partial charge in [-0.15, -0.1) is 0 Å². The molecule has 11 amide bonds. The number of hydrogen-bond acceptors (Lipinski definition) is 12. The topological polar surface area (TPSA) is 293 Å². The molecule has 492 valence electrons. The molecule has 0 rings (SSSR count). The molecule has 0 aromatic carbocycles. The fourth-order valence-electron chi connectivity index (χ4n) is 10.3. The summed E-state index contributed by atoms with van der Waals surface area (Å²) in [7, 11) is 10.0. The molecule has 23 heteroatoms. The molecule has 0 aliphatic heterocycles. The lowest BCUT2D eigenvalue weighted by Gasteiger charge is -2.41. The van der Waals surface area contributed by atoms with Crippen molar-refractivity contribution >= 4 is 65.0 Å². The molecule has 86 heavy (non-hydrogen) atoms. The van der Waals surface area contributed by atoms with Gasteiger partial charge in [0.05, 0.1) is 18.6 Å². The van der Waals surface area contributed by atoms with E-state index in [4.69, 9.17) is 5.73 Å². The molecule has 0 heterocycles. The maximum Gasteiger partial charge on any atom is 0.246 e. The Labute approximate surface area is 515 Å². The van der Waals surface area contributed by atoms with Crippen LogP contribution in [0, 0.1) is 35.5 Å². The molecule has 0 aromatic heterocycles. The number of carbonyl (C=O) groups excluding carboxylic acids is 11. The van der Waals surface area contributed by atoms with Crippen LogP contribution in [0.3, 0.4) is 0 Å². The van der Waals surface area contributed by atoms with E-state index in [1.54, 1.807) is 60.6 Å². The normalized spacial score (nSPS) is 15.8. The summed E-state index contributed by atoms with van der Waals surface area (Å²) in [5.41, 5.74) is 6.25. The van der Waals surface area contributed by atoms with Crippen LogP contribution in [0.2, 0.25) is 0 Å². The molecule has 0 fully saturated rings. The average molecular weight is 1220 g/mol. The smallest absolute Gasteiger partial charge is 0.246 e. The Balaban J connectivity index is 7.05. The van der Waals surface area contributed by atoms with Crippen LogP contribution in [-0.2, 0) is 52.7 Å². The average Bonchev–Trinajstić information content (AvgIpc) is 2.15. The largest absolute Gasteiger partial charge is 0.390 e. The van der Waals surface area contributed by atoms with Crippen molar-refractivity contribution in [3.05, 3.63) is 24.3 Å². The minimum Gasteiger partial charge on any atom is -0.390 e. The number of aliphatic hydroxyl groups excluding tert-OH is 1. The predicted molar refractivity (Wildman–Crippen MR) is 335 cm³/mol. The number of hydrogen-bond donors (Lipinski definition) is 5. The molecule has 0 aliphatic carbocycles. The number of aliphatic hydroxyl groups is 1. The SMILES string of the molecule is C=C(C)[C@@H](C)C(=O)N(C)[C@@H](CC(C)C)C(=O)N[C@H](C)C(=O)N[C@@H](C)C(=O)N(C)[C@H](CC(C)C)C(=O)N(C)[C@H](CC(C)C)C(=O)N(C)[C@H](C(=O)N(C)C(C(=O)N[C@H](CC)C(=O)N(C)CC(=O)N(C)[C@@H](CCCC)C(N)=O)[C@@H](O)[C@@H](C)C/C=C\C)C(C)C. The highest BCUT2D eigenvalue weighted by Gasteiger charge is 2.45. The molecule has 23 nitrogen and oxygen atoms in total. The van der Waals surface area contributed by atoms with Gasteiger partial charge in [-0.3, -0.25) is 52.7 Å². The lowest BCUT2D eigenvalue weighted by atomic mass is 9.91. The van der Waals surface area contributed by atoms with Gasteiger partial charge >= 0.3 is 0 Å². The van der Waals surface area contributed by atoms with E-state index in [0.717, 1.165) is 16.2 Å². The summed E-state index contributed by atoms with van der Waals surface area (Å²) in [6.07, 6.45) is 4.83. The molecule has 0 spiro atoms. The summed E-state index contributed by atoms with van der Waals surface area (Å²) in [5, 5.41) is 20.1. The molecule has 6 N–H and O–H groups in total. The van der Waals surface area contributed by atoms with Crippen molar-refractivity contribution in [2.75, 3.05) is 55.9 Å². The van der Waals surface area contributed by atoms with Gasteiger partial charge in [-0.1, -0.05) is 113 Å². The van der Waals surface area contributed by atoms with Crippen LogP contribution in [0.15, 0.2) is 24.3 Å².